The highest BCUT2D eigenvalue weighted by Crippen LogP contribution is 2.29. The maximum atomic E-state index is 13.6. The highest BCUT2D eigenvalue weighted by Gasteiger charge is 2.18. The number of rotatable bonds is 6. The van der Waals surface area contributed by atoms with Gasteiger partial charge in [-0.2, -0.15) is 9.78 Å². The van der Waals surface area contributed by atoms with Gasteiger partial charge in [-0.1, -0.05) is 35.9 Å². The number of nitrogens with zero attached hydrogens (tertiary/aromatic N) is 2. The molecule has 0 amide bonds. The largest absolute Gasteiger partial charge is 0.494 e. The van der Waals surface area contributed by atoms with Gasteiger partial charge < -0.3 is 15.2 Å². The molecule has 3 aromatic carbocycles. The molecule has 0 spiro atoms. The molecule has 0 aliphatic carbocycles. The molecule has 8 heteroatoms. The summed E-state index contributed by atoms with van der Waals surface area (Å²) in [5.41, 5.74) is 8.76. The van der Waals surface area contributed by atoms with E-state index in [0.29, 0.717) is 22.9 Å². The fourth-order valence-electron chi connectivity index (χ4n) is 3.14. The molecule has 32 heavy (non-hydrogen) atoms. The van der Waals surface area contributed by atoms with E-state index < -0.39 is 11.7 Å². The zero-order chi connectivity index (χ0) is 22.7. The zero-order valence-electron chi connectivity index (χ0n) is 17.1. The molecule has 0 aliphatic heterocycles. The van der Waals surface area contributed by atoms with Gasteiger partial charge in [-0.15, -0.1) is 0 Å². The molecule has 162 valence electrons. The molecule has 0 unspecified atom stereocenters. The molecular formula is C24H19ClFN3O3. The van der Waals surface area contributed by atoms with Crippen molar-refractivity contribution in [2.45, 2.75) is 6.61 Å². The summed E-state index contributed by atoms with van der Waals surface area (Å²) in [4.78, 5) is 12.8. The van der Waals surface area contributed by atoms with Gasteiger partial charge in [0.2, 0.25) is 0 Å². The number of halogens is 2. The van der Waals surface area contributed by atoms with Gasteiger partial charge in [0, 0.05) is 16.1 Å². The van der Waals surface area contributed by atoms with Crippen molar-refractivity contribution < 1.29 is 18.7 Å². The van der Waals surface area contributed by atoms with Crippen molar-refractivity contribution in [1.82, 2.24) is 9.78 Å². The predicted molar refractivity (Wildman–Crippen MR) is 121 cm³/mol. The second kappa shape index (κ2) is 9.11. The Morgan fingerprint density at radius 3 is 2.50 bits per heavy atom. The van der Waals surface area contributed by atoms with Crippen LogP contribution in [0.2, 0.25) is 5.02 Å². The Bertz CT molecular complexity index is 1250. The van der Waals surface area contributed by atoms with Crippen LogP contribution in [0.25, 0.3) is 11.1 Å². The van der Waals surface area contributed by atoms with E-state index in [4.69, 9.17) is 26.8 Å². The van der Waals surface area contributed by atoms with Gasteiger partial charge in [-0.05, 0) is 53.6 Å². The Balaban J connectivity index is 1.50. The summed E-state index contributed by atoms with van der Waals surface area (Å²) in [6.07, 6.45) is 1.51. The Kier molecular flexibility index (Phi) is 6.09. The van der Waals surface area contributed by atoms with E-state index in [1.165, 1.54) is 25.4 Å². The van der Waals surface area contributed by atoms with Crippen LogP contribution in [-0.4, -0.2) is 22.8 Å². The molecule has 0 fully saturated rings. The van der Waals surface area contributed by atoms with E-state index in [9.17, 15) is 9.18 Å². The smallest absolute Gasteiger partial charge is 0.280 e. The minimum absolute atomic E-state index is 0.0315. The number of benzene rings is 3. The first-order valence-corrected chi connectivity index (χ1v) is 10.0. The highest BCUT2D eigenvalue weighted by molar-refractivity contribution is 6.30. The van der Waals surface area contributed by atoms with Gasteiger partial charge >= 0.3 is 0 Å². The summed E-state index contributed by atoms with van der Waals surface area (Å²) < 4.78 is 25.4. The van der Waals surface area contributed by atoms with Crippen molar-refractivity contribution in [2.24, 2.45) is 0 Å². The number of anilines is 1. The fraction of sp³-hybridized carbons (Fsp3) is 0.0833. The lowest BCUT2D eigenvalue weighted by molar-refractivity contribution is 0.0947. The molecule has 0 saturated heterocycles. The van der Waals surface area contributed by atoms with Crippen LogP contribution in [-0.2, 0) is 6.61 Å². The standard InChI is InChI=1S/C24H19ClFN3O3/c1-31-22-12-17(6-11-21(22)26)24(30)29-23(27)20(13-28-29)16-4-9-19(10-5-16)32-14-15-2-7-18(25)8-3-15/h2-13H,14,27H2,1H3. The van der Waals surface area contributed by atoms with E-state index in [-0.39, 0.29) is 17.1 Å². The van der Waals surface area contributed by atoms with Crippen LogP contribution in [0.1, 0.15) is 15.9 Å². The van der Waals surface area contributed by atoms with Crippen molar-refractivity contribution in [2.75, 3.05) is 12.8 Å². The first-order chi connectivity index (χ1) is 15.5. The minimum Gasteiger partial charge on any atom is -0.494 e. The van der Waals surface area contributed by atoms with Gasteiger partial charge in [-0.3, -0.25) is 4.79 Å². The number of nitrogens with two attached hydrogens (primary N) is 1. The molecule has 1 aromatic heterocycles. The van der Waals surface area contributed by atoms with Gasteiger partial charge in [-0.25, -0.2) is 4.39 Å². The Labute approximate surface area is 189 Å². The van der Waals surface area contributed by atoms with Crippen molar-refractivity contribution in [1.29, 1.82) is 0 Å². The molecule has 0 saturated carbocycles. The van der Waals surface area contributed by atoms with E-state index in [1.807, 2.05) is 48.5 Å². The third kappa shape index (κ3) is 4.43. The van der Waals surface area contributed by atoms with Crippen molar-refractivity contribution >= 4 is 23.3 Å². The van der Waals surface area contributed by atoms with E-state index in [1.54, 1.807) is 0 Å². The Hall–Kier alpha value is -3.84. The minimum atomic E-state index is -0.559. The SMILES string of the molecule is COc1cc(C(=O)n2ncc(-c3ccc(OCc4ccc(Cl)cc4)cc3)c2N)ccc1F. The maximum Gasteiger partial charge on any atom is 0.280 e. The van der Waals surface area contributed by atoms with Gasteiger partial charge in [0.05, 0.1) is 13.3 Å². The quantitative estimate of drug-likeness (QED) is 0.436. The molecule has 0 bridgehead atoms. The summed E-state index contributed by atoms with van der Waals surface area (Å²) in [6.45, 7) is 0.409. The number of carbonyl (C=O) groups is 1. The molecule has 0 atom stereocenters. The predicted octanol–water partition coefficient (Wildman–Crippen LogP) is 5.20. The molecule has 0 aliphatic rings. The van der Waals surface area contributed by atoms with Crippen LogP contribution in [0.15, 0.2) is 72.9 Å². The first-order valence-electron chi connectivity index (χ1n) is 9.65. The number of ether oxygens (including phenoxy) is 2. The van der Waals surface area contributed by atoms with Crippen LogP contribution in [0.4, 0.5) is 10.2 Å². The number of methoxy groups -OCH3 is 1. The van der Waals surface area contributed by atoms with Crippen LogP contribution in [0.5, 0.6) is 11.5 Å². The van der Waals surface area contributed by atoms with Gasteiger partial charge in [0.15, 0.2) is 11.6 Å². The second-order valence-electron chi connectivity index (χ2n) is 6.95. The Morgan fingerprint density at radius 1 is 1.09 bits per heavy atom. The van der Waals surface area contributed by atoms with Gasteiger partial charge in [0.1, 0.15) is 18.2 Å². The lowest BCUT2D eigenvalue weighted by Gasteiger charge is -2.08. The fourth-order valence-corrected chi connectivity index (χ4v) is 3.26. The highest BCUT2D eigenvalue weighted by atomic mass is 35.5. The number of hydrogen-bond donors (Lipinski definition) is 1. The average molecular weight is 452 g/mol. The monoisotopic (exact) mass is 451 g/mol. The summed E-state index contributed by atoms with van der Waals surface area (Å²) in [6, 6.07) is 18.6. The molecule has 0 radical (unpaired) electrons. The second-order valence-corrected chi connectivity index (χ2v) is 7.39. The molecule has 4 aromatic rings. The summed E-state index contributed by atoms with van der Waals surface area (Å²) in [5, 5.41) is 4.79. The Morgan fingerprint density at radius 2 is 1.81 bits per heavy atom. The normalized spacial score (nSPS) is 10.7. The van der Waals surface area contributed by atoms with Crippen LogP contribution < -0.4 is 15.2 Å². The maximum absolute atomic E-state index is 13.6. The third-order valence-electron chi connectivity index (χ3n) is 4.88. The molecule has 1 heterocycles. The van der Waals surface area contributed by atoms with E-state index in [0.717, 1.165) is 21.9 Å². The van der Waals surface area contributed by atoms with Crippen molar-refractivity contribution in [3.8, 4) is 22.6 Å². The number of aromatic nitrogens is 2. The lowest BCUT2D eigenvalue weighted by Crippen LogP contribution is -2.16. The molecule has 2 N–H and O–H groups in total. The van der Waals surface area contributed by atoms with E-state index in [2.05, 4.69) is 5.10 Å². The van der Waals surface area contributed by atoms with Crippen molar-refractivity contribution in [3.05, 3.63) is 94.9 Å². The zero-order valence-corrected chi connectivity index (χ0v) is 17.8. The summed E-state index contributed by atoms with van der Waals surface area (Å²) >= 11 is 5.89. The molecular weight excluding hydrogens is 433 g/mol. The van der Waals surface area contributed by atoms with Crippen LogP contribution >= 0.6 is 11.6 Å². The first kappa shape index (κ1) is 21.4. The number of hydrogen-bond acceptors (Lipinski definition) is 5. The van der Waals surface area contributed by atoms with Crippen LogP contribution in [0.3, 0.4) is 0 Å². The number of nitrogen functional groups attached to an aromatic ring is 1. The van der Waals surface area contributed by atoms with E-state index >= 15 is 0 Å². The molecule has 4 rings (SSSR count). The third-order valence-corrected chi connectivity index (χ3v) is 5.13. The number of carbonyl (C=O) groups excluding carboxylic acids is 1. The van der Waals surface area contributed by atoms with Gasteiger partial charge in [0.25, 0.3) is 5.91 Å². The average Bonchev–Trinajstić information content (AvgIpc) is 3.20. The van der Waals surface area contributed by atoms with Crippen LogP contribution in [0, 0.1) is 5.82 Å². The summed E-state index contributed by atoms with van der Waals surface area (Å²) in [7, 11) is 1.33. The topological polar surface area (TPSA) is 79.4 Å². The summed E-state index contributed by atoms with van der Waals surface area (Å²) in [5.74, 6) is -0.222. The lowest BCUT2D eigenvalue weighted by atomic mass is 10.1. The molecule has 6 nitrogen and oxygen atoms in total. The van der Waals surface area contributed by atoms with Crippen molar-refractivity contribution in [3.63, 3.8) is 0 Å².